The zero-order chi connectivity index (χ0) is 15.4. The number of halogens is 3. The second kappa shape index (κ2) is 7.16. The second-order valence-electron chi connectivity index (χ2n) is 4.41. The van der Waals surface area contributed by atoms with E-state index in [1.165, 1.54) is 0 Å². The number of rotatable bonds is 5. The van der Waals surface area contributed by atoms with Crippen molar-refractivity contribution in [2.45, 2.75) is 6.42 Å². The maximum absolute atomic E-state index is 11.2. The number of hydrogen-bond donors (Lipinski definition) is 2. The van der Waals surface area contributed by atoms with Crippen molar-refractivity contribution in [1.29, 1.82) is 0 Å². The summed E-state index contributed by atoms with van der Waals surface area (Å²) in [6, 6.07) is 10.3. The molecule has 0 heterocycles. The highest BCUT2D eigenvalue weighted by Crippen LogP contribution is 2.23. The zero-order valence-electron chi connectivity index (χ0n) is 10.9. The highest BCUT2D eigenvalue weighted by atomic mass is 79.9. The Labute approximate surface area is 141 Å². The van der Waals surface area contributed by atoms with Gasteiger partial charge >= 0.3 is 5.97 Å². The molecule has 0 saturated heterocycles. The van der Waals surface area contributed by atoms with Crippen molar-refractivity contribution in [3.05, 3.63) is 62.0 Å². The van der Waals surface area contributed by atoms with E-state index in [-0.39, 0.29) is 5.56 Å². The van der Waals surface area contributed by atoms with Crippen molar-refractivity contribution in [1.82, 2.24) is 0 Å². The first kappa shape index (κ1) is 16.1. The number of anilines is 1. The Balaban J connectivity index is 2.06. The maximum atomic E-state index is 11.2. The Morgan fingerprint density at radius 3 is 2.62 bits per heavy atom. The van der Waals surface area contributed by atoms with Crippen LogP contribution in [0.3, 0.4) is 0 Å². The Hall–Kier alpha value is -1.23. The molecular formula is C15H12BrCl2NO2. The summed E-state index contributed by atoms with van der Waals surface area (Å²) in [6.07, 6.45) is 0.668. The van der Waals surface area contributed by atoms with E-state index >= 15 is 0 Å². The summed E-state index contributed by atoms with van der Waals surface area (Å²) in [5.74, 6) is -0.963. The Morgan fingerprint density at radius 2 is 1.95 bits per heavy atom. The van der Waals surface area contributed by atoms with Gasteiger partial charge in [0.15, 0.2) is 0 Å². The fourth-order valence-corrected chi connectivity index (χ4v) is 2.77. The third-order valence-electron chi connectivity index (χ3n) is 2.94. The van der Waals surface area contributed by atoms with Crippen molar-refractivity contribution in [3.63, 3.8) is 0 Å². The molecule has 6 heteroatoms. The zero-order valence-corrected chi connectivity index (χ0v) is 14.0. The fraction of sp³-hybridized carbons (Fsp3) is 0.133. The van der Waals surface area contributed by atoms with Crippen molar-refractivity contribution < 1.29 is 9.90 Å². The lowest BCUT2D eigenvalue weighted by atomic mass is 10.1. The standard InChI is InChI=1S/C15H12BrCl2NO2/c16-10-2-4-12(15(20)21)14(7-10)19-6-5-9-1-3-11(17)8-13(9)18/h1-4,7-8,19H,5-6H2,(H,20,21). The number of carboxylic acid groups (broad SMARTS) is 1. The van der Waals surface area contributed by atoms with Crippen molar-refractivity contribution in [2.75, 3.05) is 11.9 Å². The van der Waals surface area contributed by atoms with Gasteiger partial charge in [-0.05, 0) is 42.3 Å². The van der Waals surface area contributed by atoms with Crippen molar-refractivity contribution in [3.8, 4) is 0 Å². The van der Waals surface area contributed by atoms with E-state index in [0.29, 0.717) is 28.7 Å². The molecule has 0 aliphatic rings. The lowest BCUT2D eigenvalue weighted by Gasteiger charge is -2.11. The molecule has 0 aromatic heterocycles. The molecule has 2 aromatic carbocycles. The van der Waals surface area contributed by atoms with Gasteiger partial charge in [-0.3, -0.25) is 0 Å². The van der Waals surface area contributed by atoms with E-state index in [9.17, 15) is 4.79 Å². The van der Waals surface area contributed by atoms with Crippen LogP contribution < -0.4 is 5.32 Å². The Kier molecular flexibility index (Phi) is 5.51. The topological polar surface area (TPSA) is 49.3 Å². The van der Waals surface area contributed by atoms with Crippen LogP contribution in [0.15, 0.2) is 40.9 Å². The third-order valence-corrected chi connectivity index (χ3v) is 4.02. The number of benzene rings is 2. The summed E-state index contributed by atoms with van der Waals surface area (Å²) in [5.41, 5.74) is 1.77. The molecular weight excluding hydrogens is 377 g/mol. The van der Waals surface area contributed by atoms with Gasteiger partial charge in [-0.25, -0.2) is 4.79 Å². The van der Waals surface area contributed by atoms with E-state index in [4.69, 9.17) is 28.3 Å². The molecule has 0 unspecified atom stereocenters. The van der Waals surface area contributed by atoms with Crippen molar-refractivity contribution >= 4 is 50.8 Å². The first-order valence-corrected chi connectivity index (χ1v) is 7.73. The molecule has 0 radical (unpaired) electrons. The molecule has 0 amide bonds. The molecule has 21 heavy (non-hydrogen) atoms. The lowest BCUT2D eigenvalue weighted by molar-refractivity contribution is 0.0698. The largest absolute Gasteiger partial charge is 0.478 e. The molecule has 110 valence electrons. The van der Waals surface area contributed by atoms with E-state index in [1.807, 2.05) is 6.07 Å². The normalized spacial score (nSPS) is 10.4. The molecule has 2 aromatic rings. The van der Waals surface area contributed by atoms with E-state index in [1.54, 1.807) is 30.3 Å². The average Bonchev–Trinajstić information content (AvgIpc) is 2.41. The summed E-state index contributed by atoms with van der Waals surface area (Å²) in [6.45, 7) is 0.568. The minimum Gasteiger partial charge on any atom is -0.478 e. The average molecular weight is 389 g/mol. The molecule has 0 fully saturated rings. The first-order chi connectivity index (χ1) is 9.97. The van der Waals surface area contributed by atoms with Gasteiger partial charge in [0, 0.05) is 26.8 Å². The maximum Gasteiger partial charge on any atom is 0.337 e. The van der Waals surface area contributed by atoms with Crippen LogP contribution in [0.25, 0.3) is 0 Å². The van der Waals surface area contributed by atoms with Gasteiger partial charge in [0.05, 0.1) is 5.56 Å². The number of hydrogen-bond acceptors (Lipinski definition) is 2. The predicted octanol–water partition coefficient (Wildman–Crippen LogP) is 5.11. The van der Waals surface area contributed by atoms with Gasteiger partial charge in [0.1, 0.15) is 0 Å². The van der Waals surface area contributed by atoms with Gasteiger partial charge in [-0.1, -0.05) is 45.2 Å². The van der Waals surface area contributed by atoms with Crippen LogP contribution in [0.2, 0.25) is 10.0 Å². The van der Waals surface area contributed by atoms with E-state index in [2.05, 4.69) is 21.2 Å². The highest BCUT2D eigenvalue weighted by molar-refractivity contribution is 9.10. The number of carbonyl (C=O) groups is 1. The molecule has 0 atom stereocenters. The smallest absolute Gasteiger partial charge is 0.337 e. The van der Waals surface area contributed by atoms with Crippen LogP contribution >= 0.6 is 39.1 Å². The number of carboxylic acids is 1. The van der Waals surface area contributed by atoms with Crippen molar-refractivity contribution in [2.24, 2.45) is 0 Å². The molecule has 0 aliphatic heterocycles. The molecule has 0 bridgehead atoms. The fourth-order valence-electron chi connectivity index (χ4n) is 1.91. The quantitative estimate of drug-likeness (QED) is 0.748. The molecule has 3 nitrogen and oxygen atoms in total. The summed E-state index contributed by atoms with van der Waals surface area (Å²) >= 11 is 15.3. The van der Waals surface area contributed by atoms with Gasteiger partial charge < -0.3 is 10.4 Å². The van der Waals surface area contributed by atoms with Crippen LogP contribution in [0, 0.1) is 0 Å². The monoisotopic (exact) mass is 387 g/mol. The molecule has 0 saturated carbocycles. The third kappa shape index (κ3) is 4.37. The minimum atomic E-state index is -0.963. The van der Waals surface area contributed by atoms with Crippen LogP contribution in [-0.2, 0) is 6.42 Å². The molecule has 0 spiro atoms. The lowest BCUT2D eigenvalue weighted by Crippen LogP contribution is -2.09. The van der Waals surface area contributed by atoms with Crippen LogP contribution in [0.1, 0.15) is 15.9 Å². The SMILES string of the molecule is O=C(O)c1ccc(Br)cc1NCCc1ccc(Cl)cc1Cl. The highest BCUT2D eigenvalue weighted by Gasteiger charge is 2.10. The van der Waals surface area contributed by atoms with E-state index in [0.717, 1.165) is 10.0 Å². The first-order valence-electron chi connectivity index (χ1n) is 6.18. The summed E-state index contributed by atoms with van der Waals surface area (Å²) < 4.78 is 0.819. The minimum absolute atomic E-state index is 0.236. The summed E-state index contributed by atoms with van der Waals surface area (Å²) in [7, 11) is 0. The molecule has 0 aliphatic carbocycles. The van der Waals surface area contributed by atoms with Gasteiger partial charge in [0.25, 0.3) is 0 Å². The summed E-state index contributed by atoms with van der Waals surface area (Å²) in [5, 5.41) is 13.5. The Bertz CT molecular complexity index is 677. The van der Waals surface area contributed by atoms with Gasteiger partial charge in [-0.2, -0.15) is 0 Å². The van der Waals surface area contributed by atoms with Crippen LogP contribution in [0.4, 0.5) is 5.69 Å². The Morgan fingerprint density at radius 1 is 1.19 bits per heavy atom. The number of aromatic carboxylic acids is 1. The second-order valence-corrected chi connectivity index (χ2v) is 6.17. The number of nitrogens with one attached hydrogen (secondary N) is 1. The van der Waals surface area contributed by atoms with Crippen LogP contribution in [0.5, 0.6) is 0 Å². The van der Waals surface area contributed by atoms with Crippen LogP contribution in [-0.4, -0.2) is 17.6 Å². The van der Waals surface area contributed by atoms with E-state index < -0.39 is 5.97 Å². The van der Waals surface area contributed by atoms with Gasteiger partial charge in [0.2, 0.25) is 0 Å². The summed E-state index contributed by atoms with van der Waals surface area (Å²) in [4.78, 5) is 11.2. The predicted molar refractivity (Wildman–Crippen MR) is 89.8 cm³/mol. The molecule has 2 rings (SSSR count). The molecule has 2 N–H and O–H groups in total. The van der Waals surface area contributed by atoms with Gasteiger partial charge in [-0.15, -0.1) is 0 Å².